The van der Waals surface area contributed by atoms with Crippen LogP contribution in [0.1, 0.15) is 78.1 Å². The van der Waals surface area contributed by atoms with Crippen LogP contribution in [0.2, 0.25) is 0 Å². The van der Waals surface area contributed by atoms with E-state index < -0.39 is 0 Å². The van der Waals surface area contributed by atoms with Crippen LogP contribution in [0.15, 0.2) is 36.5 Å². The van der Waals surface area contributed by atoms with Crippen LogP contribution in [0.5, 0.6) is 0 Å². The molecule has 0 atom stereocenters. The van der Waals surface area contributed by atoms with Crippen molar-refractivity contribution in [2.75, 3.05) is 0 Å². The molecule has 0 heterocycles. The Bertz CT molecular complexity index is 208. The highest BCUT2D eigenvalue weighted by atomic mass is 14.0. The molecule has 0 heteroatoms. The highest BCUT2D eigenvalue weighted by Crippen LogP contribution is 2.09. The van der Waals surface area contributed by atoms with E-state index in [4.69, 9.17) is 0 Å². The van der Waals surface area contributed by atoms with Crippen molar-refractivity contribution in [1.82, 2.24) is 0 Å². The van der Waals surface area contributed by atoms with Crippen LogP contribution in [0.4, 0.5) is 0 Å². The van der Waals surface area contributed by atoms with Gasteiger partial charge in [0.2, 0.25) is 0 Å². The highest BCUT2D eigenvalue weighted by Gasteiger charge is 1.90. The van der Waals surface area contributed by atoms with E-state index in [0.717, 1.165) is 5.57 Å². The van der Waals surface area contributed by atoms with Gasteiger partial charge in [-0.1, -0.05) is 109 Å². The Morgan fingerprint density at radius 2 is 1.00 bits per heavy atom. The van der Waals surface area contributed by atoms with Crippen molar-refractivity contribution < 1.29 is 0 Å². The maximum absolute atomic E-state index is 3.68. The van der Waals surface area contributed by atoms with Crippen molar-refractivity contribution in [3.8, 4) is 0 Å². The third kappa shape index (κ3) is 13.3. The molecule has 0 N–H and O–H groups in total. The number of hydrogen-bond acceptors (Lipinski definition) is 0. The first kappa shape index (κ1) is 17.2. The lowest BCUT2D eigenvalue weighted by Crippen LogP contribution is -1.80. The molecule has 0 saturated carbocycles. The van der Waals surface area contributed by atoms with Gasteiger partial charge >= 0.3 is 0 Å². The Morgan fingerprint density at radius 1 is 0.667 bits per heavy atom. The van der Waals surface area contributed by atoms with E-state index in [1.165, 1.54) is 64.2 Å². The zero-order valence-electron chi connectivity index (χ0n) is 12.6. The van der Waals surface area contributed by atoms with Gasteiger partial charge in [-0.3, -0.25) is 0 Å². The minimum absolute atomic E-state index is 1.09. The Hall–Kier alpha value is -0.780. The summed E-state index contributed by atoms with van der Waals surface area (Å²) in [6.07, 6.45) is 22.3. The fourth-order valence-electron chi connectivity index (χ4n) is 1.97. The van der Waals surface area contributed by atoms with Gasteiger partial charge in [0.05, 0.1) is 0 Å². The summed E-state index contributed by atoms with van der Waals surface area (Å²) in [5.74, 6) is 0. The molecule has 0 fully saturated rings. The summed E-state index contributed by atoms with van der Waals surface area (Å²) >= 11 is 0. The minimum atomic E-state index is 1.09. The highest BCUT2D eigenvalue weighted by molar-refractivity contribution is 5.37. The van der Waals surface area contributed by atoms with Crippen LogP contribution in [0.25, 0.3) is 0 Å². The summed E-state index contributed by atoms with van der Waals surface area (Å²) in [5, 5.41) is 0. The fraction of sp³-hybridized carbons (Fsp3) is 0.667. The molecule has 1 aliphatic carbocycles. The van der Waals surface area contributed by atoms with Crippen molar-refractivity contribution in [2.45, 2.75) is 78.1 Å². The molecule has 0 saturated heterocycles. The summed E-state index contributed by atoms with van der Waals surface area (Å²) in [6, 6.07) is 0. The first-order chi connectivity index (χ1) is 8.81. The molecule has 1 aliphatic rings. The van der Waals surface area contributed by atoms with Gasteiger partial charge in [-0.2, -0.15) is 0 Å². The average molecular weight is 248 g/mol. The van der Waals surface area contributed by atoms with Crippen molar-refractivity contribution in [2.24, 2.45) is 0 Å². The first-order valence-electron chi connectivity index (χ1n) is 7.85. The fourth-order valence-corrected chi connectivity index (χ4v) is 1.97. The lowest BCUT2D eigenvalue weighted by Gasteiger charge is -1.99. The van der Waals surface area contributed by atoms with Gasteiger partial charge in [-0.25, -0.2) is 0 Å². The van der Waals surface area contributed by atoms with Gasteiger partial charge < -0.3 is 0 Å². The SMILES string of the molecule is C=C1C=CC=C1.CCCCCCCCCCCC. The second kappa shape index (κ2) is 14.3. The number of hydrogen-bond donors (Lipinski definition) is 0. The molecular formula is C18H32. The lowest BCUT2D eigenvalue weighted by atomic mass is 10.1. The number of unbranched alkanes of at least 4 members (excludes halogenated alkanes) is 9. The largest absolute Gasteiger partial charge is 0.0918 e. The van der Waals surface area contributed by atoms with Gasteiger partial charge in [0.25, 0.3) is 0 Å². The molecule has 18 heavy (non-hydrogen) atoms. The van der Waals surface area contributed by atoms with Gasteiger partial charge in [0.1, 0.15) is 0 Å². The summed E-state index contributed by atoms with van der Waals surface area (Å²) in [4.78, 5) is 0. The second-order valence-electron chi connectivity index (χ2n) is 5.12. The molecule has 0 bridgehead atoms. The summed E-state index contributed by atoms with van der Waals surface area (Å²) < 4.78 is 0. The van der Waals surface area contributed by atoms with Crippen LogP contribution >= 0.6 is 0 Å². The van der Waals surface area contributed by atoms with Crippen LogP contribution in [0.3, 0.4) is 0 Å². The standard InChI is InChI=1S/C12H26.C6H6/c1-3-5-7-9-11-12-10-8-6-4-2;1-6-4-2-3-5-6/h3-12H2,1-2H3;2-5H,1H2. The second-order valence-corrected chi connectivity index (χ2v) is 5.12. The molecule has 0 radical (unpaired) electrons. The Morgan fingerprint density at radius 3 is 1.22 bits per heavy atom. The van der Waals surface area contributed by atoms with Gasteiger partial charge in [0.15, 0.2) is 0 Å². The van der Waals surface area contributed by atoms with Crippen LogP contribution in [-0.2, 0) is 0 Å². The van der Waals surface area contributed by atoms with E-state index in [1.54, 1.807) is 0 Å². The molecular weight excluding hydrogens is 216 g/mol. The quantitative estimate of drug-likeness (QED) is 0.403. The van der Waals surface area contributed by atoms with Gasteiger partial charge in [-0.15, -0.1) is 0 Å². The number of allylic oxidation sites excluding steroid dienone is 5. The molecule has 0 amide bonds. The van der Waals surface area contributed by atoms with Crippen molar-refractivity contribution in [3.05, 3.63) is 36.5 Å². The van der Waals surface area contributed by atoms with Crippen molar-refractivity contribution in [3.63, 3.8) is 0 Å². The Kier molecular flexibility index (Phi) is 13.7. The van der Waals surface area contributed by atoms with Gasteiger partial charge in [-0.05, 0) is 5.57 Å². The molecule has 0 aliphatic heterocycles. The van der Waals surface area contributed by atoms with E-state index in [0.29, 0.717) is 0 Å². The maximum Gasteiger partial charge on any atom is -0.0329 e. The summed E-state index contributed by atoms with van der Waals surface area (Å²) in [7, 11) is 0. The maximum atomic E-state index is 3.68. The molecule has 0 aromatic carbocycles. The summed E-state index contributed by atoms with van der Waals surface area (Å²) in [6.45, 7) is 8.24. The van der Waals surface area contributed by atoms with Crippen LogP contribution in [0, 0.1) is 0 Å². The first-order valence-corrected chi connectivity index (χ1v) is 7.85. The average Bonchev–Trinajstić information content (AvgIpc) is 2.85. The predicted molar refractivity (Wildman–Crippen MR) is 84.9 cm³/mol. The molecule has 0 spiro atoms. The summed E-state index contributed by atoms with van der Waals surface area (Å²) in [5.41, 5.74) is 1.09. The minimum Gasteiger partial charge on any atom is -0.0918 e. The third-order valence-electron chi connectivity index (χ3n) is 3.19. The third-order valence-corrected chi connectivity index (χ3v) is 3.19. The molecule has 0 unspecified atom stereocenters. The lowest BCUT2D eigenvalue weighted by molar-refractivity contribution is 0.562. The zero-order chi connectivity index (χ0) is 13.5. The van der Waals surface area contributed by atoms with Crippen LogP contribution in [-0.4, -0.2) is 0 Å². The van der Waals surface area contributed by atoms with E-state index in [-0.39, 0.29) is 0 Å². The predicted octanol–water partition coefficient (Wildman–Crippen LogP) is 6.60. The monoisotopic (exact) mass is 248 g/mol. The topological polar surface area (TPSA) is 0 Å². The molecule has 0 nitrogen and oxygen atoms in total. The van der Waals surface area contributed by atoms with E-state index in [9.17, 15) is 0 Å². The molecule has 1 rings (SSSR count). The Labute approximate surface area is 115 Å². The molecule has 104 valence electrons. The normalized spacial score (nSPS) is 12.7. The van der Waals surface area contributed by atoms with E-state index >= 15 is 0 Å². The van der Waals surface area contributed by atoms with Crippen molar-refractivity contribution >= 4 is 0 Å². The Balaban J connectivity index is 0.000000397. The smallest absolute Gasteiger partial charge is 0.0329 e. The van der Waals surface area contributed by atoms with Gasteiger partial charge in [0, 0.05) is 0 Å². The molecule has 0 aromatic rings. The van der Waals surface area contributed by atoms with E-state index in [1.807, 2.05) is 24.3 Å². The number of rotatable bonds is 9. The van der Waals surface area contributed by atoms with Crippen molar-refractivity contribution in [1.29, 1.82) is 0 Å². The zero-order valence-corrected chi connectivity index (χ0v) is 12.6. The van der Waals surface area contributed by atoms with Crippen LogP contribution < -0.4 is 0 Å². The van der Waals surface area contributed by atoms with E-state index in [2.05, 4.69) is 20.4 Å². The molecule has 0 aromatic heterocycles.